The molecule has 1 aromatic heterocycles. The van der Waals surface area contributed by atoms with Crippen LogP contribution in [-0.4, -0.2) is 37.9 Å². The fourth-order valence-corrected chi connectivity index (χ4v) is 4.58. The van der Waals surface area contributed by atoms with Crippen molar-refractivity contribution in [2.75, 3.05) is 17.1 Å². The van der Waals surface area contributed by atoms with Crippen LogP contribution in [-0.2, 0) is 14.8 Å². The van der Waals surface area contributed by atoms with Crippen LogP contribution in [0.4, 0.5) is 5.69 Å². The quantitative estimate of drug-likeness (QED) is 0.399. The van der Waals surface area contributed by atoms with Gasteiger partial charge in [-0.15, -0.1) is 0 Å². The fraction of sp³-hybridized carbons (Fsp3) is 0.250. The largest absolute Gasteiger partial charge is 0.318 e. The van der Waals surface area contributed by atoms with E-state index in [4.69, 9.17) is 11.6 Å². The molecule has 0 radical (unpaired) electrons. The minimum Gasteiger partial charge on any atom is -0.318 e. The smallest absolute Gasteiger partial charge is 0.260 e. The Hall–Kier alpha value is -3.10. The average molecular weight is 487 g/mol. The second-order valence-electron chi connectivity index (χ2n) is 7.97. The molecule has 2 aromatic carbocycles. The Labute approximate surface area is 199 Å². The molecule has 0 fully saturated rings. The van der Waals surface area contributed by atoms with Crippen LogP contribution in [0.2, 0.25) is 5.02 Å². The van der Waals surface area contributed by atoms with Crippen molar-refractivity contribution in [3.05, 3.63) is 81.6 Å². The van der Waals surface area contributed by atoms with Crippen molar-refractivity contribution in [2.45, 2.75) is 27.7 Å². The molecule has 0 bridgehead atoms. The molecule has 174 valence electrons. The number of sulfonamides is 1. The molecule has 0 aliphatic heterocycles. The SMILES string of the molecule is Cc1ccc(N(CC(=O)N/N=C\c2cc(C)n(-c3cccc(Cl)c3)c2C)S(C)(=O)=O)cc1C. The molecule has 1 heterocycles. The molecule has 0 atom stereocenters. The van der Waals surface area contributed by atoms with Crippen molar-refractivity contribution < 1.29 is 13.2 Å². The first kappa shape index (κ1) is 24.5. The van der Waals surface area contributed by atoms with Crippen LogP contribution in [0.3, 0.4) is 0 Å². The van der Waals surface area contributed by atoms with Gasteiger partial charge in [0.25, 0.3) is 5.91 Å². The number of halogens is 1. The first-order valence-electron chi connectivity index (χ1n) is 10.3. The number of hydrogen-bond acceptors (Lipinski definition) is 4. The lowest BCUT2D eigenvalue weighted by Gasteiger charge is -2.22. The topological polar surface area (TPSA) is 83.8 Å². The molecule has 0 aliphatic carbocycles. The summed E-state index contributed by atoms with van der Waals surface area (Å²) in [6.07, 6.45) is 2.62. The summed E-state index contributed by atoms with van der Waals surface area (Å²) in [5, 5.41) is 4.68. The zero-order valence-electron chi connectivity index (χ0n) is 19.3. The number of hydrogen-bond donors (Lipinski definition) is 1. The first-order chi connectivity index (χ1) is 15.5. The van der Waals surface area contributed by atoms with Gasteiger partial charge in [0.2, 0.25) is 10.0 Å². The lowest BCUT2D eigenvalue weighted by molar-refractivity contribution is -0.119. The van der Waals surface area contributed by atoms with Crippen molar-refractivity contribution in [1.82, 2.24) is 9.99 Å². The predicted octanol–water partition coefficient (Wildman–Crippen LogP) is 4.28. The number of hydrazone groups is 1. The van der Waals surface area contributed by atoms with E-state index in [-0.39, 0.29) is 6.54 Å². The molecule has 0 saturated heterocycles. The van der Waals surface area contributed by atoms with Gasteiger partial charge in [0, 0.05) is 27.7 Å². The van der Waals surface area contributed by atoms with E-state index in [1.54, 1.807) is 18.3 Å². The first-order valence-corrected chi connectivity index (χ1v) is 12.5. The molecule has 3 rings (SSSR count). The third-order valence-corrected chi connectivity index (χ3v) is 6.77. The van der Waals surface area contributed by atoms with Gasteiger partial charge >= 0.3 is 0 Å². The average Bonchev–Trinajstić information content (AvgIpc) is 3.00. The van der Waals surface area contributed by atoms with E-state index in [2.05, 4.69) is 10.5 Å². The van der Waals surface area contributed by atoms with Crippen LogP contribution in [0, 0.1) is 27.7 Å². The summed E-state index contributed by atoms with van der Waals surface area (Å²) in [4.78, 5) is 12.5. The van der Waals surface area contributed by atoms with Crippen LogP contribution < -0.4 is 9.73 Å². The van der Waals surface area contributed by atoms with Crippen molar-refractivity contribution >= 4 is 39.4 Å². The minimum atomic E-state index is -3.66. The Kier molecular flexibility index (Phi) is 7.29. The van der Waals surface area contributed by atoms with Crippen molar-refractivity contribution in [1.29, 1.82) is 0 Å². The van der Waals surface area contributed by atoms with Crippen LogP contribution in [0.15, 0.2) is 53.6 Å². The van der Waals surface area contributed by atoms with Gasteiger partial charge in [0.05, 0.1) is 18.2 Å². The minimum absolute atomic E-state index is 0.375. The number of nitrogens with zero attached hydrogens (tertiary/aromatic N) is 3. The zero-order chi connectivity index (χ0) is 24.3. The third-order valence-electron chi connectivity index (χ3n) is 5.40. The summed E-state index contributed by atoms with van der Waals surface area (Å²) >= 11 is 6.12. The van der Waals surface area contributed by atoms with Crippen molar-refractivity contribution in [2.24, 2.45) is 5.10 Å². The normalized spacial score (nSPS) is 11.7. The Morgan fingerprint density at radius 2 is 1.82 bits per heavy atom. The highest BCUT2D eigenvalue weighted by Gasteiger charge is 2.21. The number of rotatable bonds is 7. The molecule has 3 aromatic rings. The van der Waals surface area contributed by atoms with E-state index in [1.165, 1.54) is 0 Å². The molecular formula is C24H27ClN4O3S. The highest BCUT2D eigenvalue weighted by Crippen LogP contribution is 2.23. The van der Waals surface area contributed by atoms with Crippen LogP contribution in [0.25, 0.3) is 5.69 Å². The van der Waals surface area contributed by atoms with E-state index in [0.29, 0.717) is 10.7 Å². The van der Waals surface area contributed by atoms with Gasteiger partial charge < -0.3 is 4.57 Å². The number of aromatic nitrogens is 1. The van der Waals surface area contributed by atoms with Crippen LogP contribution in [0.1, 0.15) is 28.1 Å². The summed E-state index contributed by atoms with van der Waals surface area (Å²) in [6.45, 7) is 7.37. The molecule has 0 spiro atoms. The molecule has 7 nitrogen and oxygen atoms in total. The third kappa shape index (κ3) is 5.83. The maximum absolute atomic E-state index is 12.5. The number of amides is 1. The lowest BCUT2D eigenvalue weighted by Crippen LogP contribution is -2.39. The maximum Gasteiger partial charge on any atom is 0.260 e. The number of aryl methyl sites for hydroxylation is 3. The zero-order valence-corrected chi connectivity index (χ0v) is 20.8. The number of carbonyl (C=O) groups excluding carboxylic acids is 1. The summed E-state index contributed by atoms with van der Waals surface area (Å²) in [6, 6.07) is 14.7. The standard InChI is InChI=1S/C24H27ClN4O3S/c1-16-9-10-22(11-17(16)2)28(33(5,31)32)15-24(30)27-26-14-20-12-18(3)29(19(20)4)23-8-6-7-21(25)13-23/h6-14H,15H2,1-5H3,(H,27,30)/b26-14-. The summed E-state index contributed by atoms with van der Waals surface area (Å²) in [7, 11) is -3.66. The maximum atomic E-state index is 12.5. The molecule has 33 heavy (non-hydrogen) atoms. The second kappa shape index (κ2) is 9.80. The van der Waals surface area contributed by atoms with E-state index in [1.807, 2.05) is 68.7 Å². The molecule has 0 aliphatic rings. The van der Waals surface area contributed by atoms with Gasteiger partial charge in [0.15, 0.2) is 0 Å². The number of anilines is 1. The van der Waals surface area contributed by atoms with Crippen molar-refractivity contribution in [3.63, 3.8) is 0 Å². The van der Waals surface area contributed by atoms with Gasteiger partial charge in [-0.25, -0.2) is 13.8 Å². The highest BCUT2D eigenvalue weighted by atomic mass is 35.5. The van der Waals surface area contributed by atoms with Crippen molar-refractivity contribution in [3.8, 4) is 5.69 Å². The monoisotopic (exact) mass is 486 g/mol. The Balaban J connectivity index is 1.75. The van der Waals surface area contributed by atoms with Gasteiger partial charge in [0.1, 0.15) is 6.54 Å². The Bertz CT molecular complexity index is 1330. The number of benzene rings is 2. The number of nitrogens with one attached hydrogen (secondary N) is 1. The summed E-state index contributed by atoms with van der Waals surface area (Å²) in [5.41, 5.74) is 8.51. The molecule has 1 N–H and O–H groups in total. The van der Waals surface area contributed by atoms with Gasteiger partial charge in [-0.2, -0.15) is 5.10 Å². The van der Waals surface area contributed by atoms with Crippen LogP contribution >= 0.6 is 11.6 Å². The molecule has 9 heteroatoms. The van der Waals surface area contributed by atoms with Gasteiger partial charge in [-0.05, 0) is 75.2 Å². The Morgan fingerprint density at radius 3 is 2.45 bits per heavy atom. The molecule has 0 saturated carbocycles. The van der Waals surface area contributed by atoms with E-state index < -0.39 is 15.9 Å². The van der Waals surface area contributed by atoms with E-state index in [9.17, 15) is 13.2 Å². The van der Waals surface area contributed by atoms with Gasteiger partial charge in [-0.1, -0.05) is 23.7 Å². The molecule has 0 unspecified atom stereocenters. The van der Waals surface area contributed by atoms with Gasteiger partial charge in [-0.3, -0.25) is 9.10 Å². The lowest BCUT2D eigenvalue weighted by atomic mass is 10.1. The highest BCUT2D eigenvalue weighted by molar-refractivity contribution is 7.92. The Morgan fingerprint density at radius 1 is 1.09 bits per heavy atom. The molecule has 1 amide bonds. The van der Waals surface area contributed by atoms with E-state index in [0.717, 1.165) is 44.3 Å². The fourth-order valence-electron chi connectivity index (χ4n) is 3.55. The van der Waals surface area contributed by atoms with E-state index >= 15 is 0 Å². The summed E-state index contributed by atoms with van der Waals surface area (Å²) < 4.78 is 27.7. The second-order valence-corrected chi connectivity index (χ2v) is 10.3. The predicted molar refractivity (Wildman–Crippen MR) is 134 cm³/mol. The summed E-state index contributed by atoms with van der Waals surface area (Å²) in [5.74, 6) is -0.543. The molecular weight excluding hydrogens is 460 g/mol. The number of carbonyl (C=O) groups is 1. The van der Waals surface area contributed by atoms with Crippen LogP contribution in [0.5, 0.6) is 0 Å².